The monoisotopic (exact) mass is 640 g/mol. The van der Waals surface area contributed by atoms with Crippen molar-refractivity contribution < 1.29 is 41.0 Å². The van der Waals surface area contributed by atoms with E-state index >= 15 is 0 Å². The molecule has 8 nitrogen and oxygen atoms in total. The van der Waals surface area contributed by atoms with Gasteiger partial charge in [0.15, 0.2) is 11.5 Å². The van der Waals surface area contributed by atoms with Gasteiger partial charge < -0.3 is 30.2 Å². The summed E-state index contributed by atoms with van der Waals surface area (Å²) in [5.74, 6) is -0.276. The number of carbonyl (C=O) groups is 1. The number of benzene rings is 4. The standard InChI is InChI=1S/C33H29F5N4O4/c1-44-27-16-24-19(17-39-31(28(24)30(46-3)29(27)45-2)42-26-13-8-21(34)15-25(26)35)14-18-4-9-22(10-5-18)40-32(43)41-23-11-6-20(7-12-23)33(36,37)38/h4-13,15-16,19H,14,17H2,1-3H3,(H,39,42)(H2,40,41,43). The third-order valence-corrected chi connectivity index (χ3v) is 7.36. The molecule has 0 bridgehead atoms. The van der Waals surface area contributed by atoms with E-state index in [1.165, 1.54) is 39.5 Å². The molecule has 2 amide bonds. The second kappa shape index (κ2) is 13.3. The van der Waals surface area contributed by atoms with Gasteiger partial charge in [-0.25, -0.2) is 13.6 Å². The summed E-state index contributed by atoms with van der Waals surface area (Å²) in [6.45, 7) is 0.312. The van der Waals surface area contributed by atoms with Gasteiger partial charge in [0, 0.05) is 29.9 Å². The van der Waals surface area contributed by atoms with E-state index in [1.54, 1.807) is 12.1 Å². The first kappa shape index (κ1) is 32.1. The summed E-state index contributed by atoms with van der Waals surface area (Å²) >= 11 is 0. The number of amides is 2. The largest absolute Gasteiger partial charge is 0.493 e. The lowest BCUT2D eigenvalue weighted by Gasteiger charge is -2.29. The molecule has 240 valence electrons. The molecule has 46 heavy (non-hydrogen) atoms. The minimum Gasteiger partial charge on any atom is -0.493 e. The van der Waals surface area contributed by atoms with E-state index < -0.39 is 29.4 Å². The zero-order valence-corrected chi connectivity index (χ0v) is 24.9. The fourth-order valence-electron chi connectivity index (χ4n) is 5.16. The molecule has 0 saturated carbocycles. The number of hydrogen-bond donors (Lipinski definition) is 3. The third-order valence-electron chi connectivity index (χ3n) is 7.36. The number of methoxy groups -OCH3 is 3. The van der Waals surface area contributed by atoms with Crippen LogP contribution in [0.5, 0.6) is 17.2 Å². The molecule has 1 aliphatic rings. The molecule has 3 N–H and O–H groups in total. The molecule has 0 fully saturated rings. The van der Waals surface area contributed by atoms with Crippen molar-refractivity contribution in [3.05, 3.63) is 107 Å². The van der Waals surface area contributed by atoms with Crippen LogP contribution in [0.1, 0.15) is 28.2 Å². The van der Waals surface area contributed by atoms with E-state index in [9.17, 15) is 26.7 Å². The van der Waals surface area contributed by atoms with Crippen molar-refractivity contribution in [2.75, 3.05) is 43.8 Å². The quantitative estimate of drug-likeness (QED) is 0.171. The van der Waals surface area contributed by atoms with Crippen molar-refractivity contribution in [3.63, 3.8) is 0 Å². The lowest BCUT2D eigenvalue weighted by atomic mass is 9.85. The Morgan fingerprint density at radius 2 is 1.48 bits per heavy atom. The number of halogens is 5. The summed E-state index contributed by atoms with van der Waals surface area (Å²) in [6, 6.07) is 15.6. The van der Waals surface area contributed by atoms with Crippen LogP contribution in [0.15, 0.2) is 77.8 Å². The molecule has 4 aromatic carbocycles. The highest BCUT2D eigenvalue weighted by atomic mass is 19.4. The molecular weight excluding hydrogens is 611 g/mol. The maximum Gasteiger partial charge on any atom is 0.416 e. The molecule has 0 aliphatic carbocycles. The highest BCUT2D eigenvalue weighted by molar-refractivity contribution is 6.12. The fourth-order valence-corrected chi connectivity index (χ4v) is 5.16. The lowest BCUT2D eigenvalue weighted by Crippen LogP contribution is -2.26. The molecule has 4 aromatic rings. The summed E-state index contributed by atoms with van der Waals surface area (Å²) in [5.41, 5.74) is 2.14. The predicted octanol–water partition coefficient (Wildman–Crippen LogP) is 7.85. The van der Waals surface area contributed by atoms with Crippen molar-refractivity contribution in [2.24, 2.45) is 4.99 Å². The first-order valence-corrected chi connectivity index (χ1v) is 13.9. The molecule has 0 radical (unpaired) electrons. The van der Waals surface area contributed by atoms with Crippen LogP contribution in [0.4, 0.5) is 43.8 Å². The van der Waals surface area contributed by atoms with Gasteiger partial charge in [-0.05, 0) is 72.1 Å². The Balaban J connectivity index is 1.35. The van der Waals surface area contributed by atoms with Gasteiger partial charge >= 0.3 is 12.2 Å². The van der Waals surface area contributed by atoms with Crippen LogP contribution in [0.25, 0.3) is 0 Å². The number of fused-ring (bicyclic) bond motifs is 1. The first-order chi connectivity index (χ1) is 22.0. The molecule has 0 aromatic heterocycles. The number of aliphatic imine (C=N–C) groups is 1. The third kappa shape index (κ3) is 6.98. The number of urea groups is 1. The van der Waals surface area contributed by atoms with Crippen molar-refractivity contribution >= 4 is 28.9 Å². The van der Waals surface area contributed by atoms with E-state index in [4.69, 9.17) is 19.2 Å². The number of alkyl halides is 3. The zero-order valence-electron chi connectivity index (χ0n) is 24.9. The molecule has 1 heterocycles. The van der Waals surface area contributed by atoms with Gasteiger partial charge in [-0.3, -0.25) is 4.99 Å². The summed E-state index contributed by atoms with van der Waals surface area (Å²) < 4.78 is 83.4. The highest BCUT2D eigenvalue weighted by Crippen LogP contribution is 2.46. The Morgan fingerprint density at radius 1 is 0.848 bits per heavy atom. The number of amidine groups is 1. The summed E-state index contributed by atoms with van der Waals surface area (Å²) in [4.78, 5) is 17.1. The predicted molar refractivity (Wildman–Crippen MR) is 164 cm³/mol. The van der Waals surface area contributed by atoms with E-state index in [1.807, 2.05) is 18.2 Å². The average molecular weight is 641 g/mol. The number of nitrogens with one attached hydrogen (secondary N) is 3. The van der Waals surface area contributed by atoms with E-state index in [0.29, 0.717) is 47.3 Å². The Morgan fingerprint density at radius 3 is 2.04 bits per heavy atom. The Bertz CT molecular complexity index is 1760. The van der Waals surface area contributed by atoms with Crippen LogP contribution in [0.3, 0.4) is 0 Å². The summed E-state index contributed by atoms with van der Waals surface area (Å²) in [5, 5.41) is 8.13. The molecule has 0 saturated heterocycles. The molecule has 1 aliphatic heterocycles. The van der Waals surface area contributed by atoms with Crippen LogP contribution in [0.2, 0.25) is 0 Å². The number of rotatable bonds is 8. The van der Waals surface area contributed by atoms with Gasteiger partial charge in [-0.1, -0.05) is 12.1 Å². The van der Waals surface area contributed by atoms with Gasteiger partial charge in [-0.15, -0.1) is 0 Å². The smallest absolute Gasteiger partial charge is 0.416 e. The minimum absolute atomic E-state index is 0.0341. The molecular formula is C33H29F5N4O4. The molecule has 1 atom stereocenters. The highest BCUT2D eigenvalue weighted by Gasteiger charge is 2.32. The van der Waals surface area contributed by atoms with Gasteiger partial charge in [0.1, 0.15) is 17.5 Å². The Kier molecular flexibility index (Phi) is 9.31. The average Bonchev–Trinajstić information content (AvgIpc) is 3.03. The maximum absolute atomic E-state index is 14.6. The maximum atomic E-state index is 14.6. The number of ether oxygens (including phenoxy) is 3. The fraction of sp³-hybridized carbons (Fsp3) is 0.212. The number of anilines is 3. The number of hydrogen-bond acceptors (Lipinski definition) is 6. The van der Waals surface area contributed by atoms with Gasteiger partial charge in [0.05, 0.1) is 38.1 Å². The van der Waals surface area contributed by atoms with E-state index in [-0.39, 0.29) is 17.3 Å². The molecule has 13 heteroatoms. The topological polar surface area (TPSA) is 93.2 Å². The summed E-state index contributed by atoms with van der Waals surface area (Å²) in [7, 11) is 4.44. The Labute approximate surface area is 261 Å². The van der Waals surface area contributed by atoms with Crippen LogP contribution in [0, 0.1) is 11.6 Å². The van der Waals surface area contributed by atoms with Gasteiger partial charge in [0.2, 0.25) is 5.75 Å². The molecule has 0 spiro atoms. The normalized spacial score (nSPS) is 14.1. The number of carbonyl (C=O) groups excluding carboxylic acids is 1. The lowest BCUT2D eigenvalue weighted by molar-refractivity contribution is -0.137. The van der Waals surface area contributed by atoms with Crippen LogP contribution >= 0.6 is 0 Å². The minimum atomic E-state index is -4.47. The Hall–Kier alpha value is -5.33. The van der Waals surface area contributed by atoms with Gasteiger partial charge in [0.25, 0.3) is 0 Å². The van der Waals surface area contributed by atoms with Crippen molar-refractivity contribution in [3.8, 4) is 17.2 Å². The van der Waals surface area contributed by atoms with Crippen molar-refractivity contribution in [2.45, 2.75) is 18.5 Å². The zero-order chi connectivity index (χ0) is 33.0. The van der Waals surface area contributed by atoms with Crippen LogP contribution in [-0.4, -0.2) is 39.7 Å². The summed E-state index contributed by atoms with van der Waals surface area (Å²) in [6.07, 6.45) is -3.95. The number of nitrogens with zero attached hydrogens (tertiary/aromatic N) is 1. The second-order valence-corrected chi connectivity index (χ2v) is 10.3. The van der Waals surface area contributed by atoms with Crippen LogP contribution in [-0.2, 0) is 12.6 Å². The van der Waals surface area contributed by atoms with Crippen molar-refractivity contribution in [1.82, 2.24) is 0 Å². The van der Waals surface area contributed by atoms with Gasteiger partial charge in [-0.2, -0.15) is 13.2 Å². The van der Waals surface area contributed by atoms with E-state index in [2.05, 4.69) is 16.0 Å². The first-order valence-electron chi connectivity index (χ1n) is 13.9. The van der Waals surface area contributed by atoms with Crippen molar-refractivity contribution in [1.29, 1.82) is 0 Å². The molecule has 1 unspecified atom stereocenters. The molecule has 5 rings (SSSR count). The van der Waals surface area contributed by atoms with Crippen LogP contribution < -0.4 is 30.2 Å². The second-order valence-electron chi connectivity index (χ2n) is 10.3. The SMILES string of the molecule is COc1cc2c(c(OC)c1OC)C(Nc1ccc(F)cc1F)=NCC2Cc1ccc(NC(=O)Nc2ccc(C(F)(F)F)cc2)cc1. The van der Waals surface area contributed by atoms with E-state index in [0.717, 1.165) is 35.4 Å².